The van der Waals surface area contributed by atoms with E-state index in [2.05, 4.69) is 28.1 Å². The summed E-state index contributed by atoms with van der Waals surface area (Å²) in [6.07, 6.45) is -1.34. The summed E-state index contributed by atoms with van der Waals surface area (Å²) in [6, 6.07) is 0.263. The van der Waals surface area contributed by atoms with Gasteiger partial charge in [0.25, 0.3) is 0 Å². The van der Waals surface area contributed by atoms with E-state index in [-0.39, 0.29) is 17.6 Å². The van der Waals surface area contributed by atoms with Crippen molar-refractivity contribution < 1.29 is 61.7 Å². The molecule has 0 amide bonds. The number of anilines is 2. The molecule has 208 valence electrons. The first-order chi connectivity index (χ1) is 16.9. The average Bonchev–Trinajstić information content (AvgIpc) is 3.45. The van der Waals surface area contributed by atoms with Gasteiger partial charge in [-0.3, -0.25) is 9.09 Å². The minimum absolute atomic E-state index is 0.0782. The highest BCUT2D eigenvalue weighted by molar-refractivity contribution is 7.70. The number of aromatic nitrogens is 4. The molecule has 22 heteroatoms. The summed E-state index contributed by atoms with van der Waals surface area (Å²) < 4.78 is 41.8. The third-order valence-corrected chi connectivity index (χ3v) is 9.53. The number of rotatable bonds is 10. The lowest BCUT2D eigenvalue weighted by atomic mass is 9.96. The Morgan fingerprint density at radius 3 is 2.51 bits per heavy atom. The van der Waals surface area contributed by atoms with E-state index in [4.69, 9.17) is 20.3 Å². The van der Waals surface area contributed by atoms with Crippen molar-refractivity contribution in [1.82, 2.24) is 19.5 Å². The molecule has 2 aromatic heterocycles. The predicted molar refractivity (Wildman–Crippen MR) is 123 cm³/mol. The van der Waals surface area contributed by atoms with Crippen LogP contribution in [0.15, 0.2) is 6.33 Å². The zero-order chi connectivity index (χ0) is 27.6. The monoisotopic (exact) mass is 591 g/mol. The number of aliphatic hydroxyl groups is 2. The van der Waals surface area contributed by atoms with Gasteiger partial charge in [0.15, 0.2) is 23.2 Å². The molecular weight excluding hydrogens is 565 g/mol. The van der Waals surface area contributed by atoms with Crippen LogP contribution in [-0.4, -0.2) is 91.7 Å². The van der Waals surface area contributed by atoms with Crippen molar-refractivity contribution in [3.63, 3.8) is 0 Å². The Balaban J connectivity index is 1.53. The van der Waals surface area contributed by atoms with Gasteiger partial charge in [-0.2, -0.15) is 19.8 Å². The number of hydrogen-bond acceptors (Lipinski definition) is 15. The molecule has 0 spiro atoms. The lowest BCUT2D eigenvalue weighted by Gasteiger charge is -2.27. The fourth-order valence-corrected chi connectivity index (χ4v) is 6.92. The fraction of sp³-hybridized carbons (Fsp3) is 0.667. The number of fused-ring (bicyclic) bond motifs is 1. The maximum absolute atomic E-state index is 12.1. The van der Waals surface area contributed by atoms with E-state index in [1.807, 2.05) is 11.9 Å². The fourth-order valence-electron chi connectivity index (χ4n) is 3.83. The summed E-state index contributed by atoms with van der Waals surface area (Å²) in [5.41, 5.74) is 4.38. The quantitative estimate of drug-likeness (QED) is 0.152. The highest BCUT2D eigenvalue weighted by atomic mass is 31.3. The van der Waals surface area contributed by atoms with Crippen LogP contribution in [0, 0.1) is 0 Å². The molecule has 9 N–H and O–H groups in total. The lowest BCUT2D eigenvalue weighted by molar-refractivity contribution is -0.0949. The van der Waals surface area contributed by atoms with E-state index in [1.54, 1.807) is 0 Å². The molecule has 2 aliphatic rings. The Labute approximate surface area is 208 Å². The second-order valence-electron chi connectivity index (χ2n) is 8.68. The van der Waals surface area contributed by atoms with Gasteiger partial charge in [0.05, 0.1) is 12.9 Å². The minimum Gasteiger partial charge on any atom is -0.387 e. The van der Waals surface area contributed by atoms with E-state index in [0.29, 0.717) is 11.3 Å². The SMILES string of the molecule is CN(c1nc(N)nc2c1ncn2[C@@H]1O[C@H](COP(=O)(O)O[P+](O)(O)OP(=O)(O)O)[C@@H](O)[C@@]1(C)O)C1CC1. The predicted octanol–water partition coefficient (Wildman–Crippen LogP) is -1.08. The summed E-state index contributed by atoms with van der Waals surface area (Å²) in [5.74, 6) is 0.378. The molecule has 1 saturated heterocycles. The first-order valence-electron chi connectivity index (χ1n) is 10.5. The van der Waals surface area contributed by atoms with E-state index in [9.17, 15) is 34.0 Å². The average molecular weight is 591 g/mol. The Morgan fingerprint density at radius 2 is 1.92 bits per heavy atom. The highest BCUT2D eigenvalue weighted by Crippen LogP contribution is 2.71. The summed E-state index contributed by atoms with van der Waals surface area (Å²) in [7, 11) is -14.6. The second-order valence-corrected chi connectivity index (χ2v) is 13.1. The maximum Gasteiger partial charge on any atom is 0.591 e. The second kappa shape index (κ2) is 9.66. The van der Waals surface area contributed by atoms with E-state index >= 15 is 0 Å². The van der Waals surface area contributed by atoms with Crippen molar-refractivity contribution in [3.8, 4) is 0 Å². The van der Waals surface area contributed by atoms with E-state index in [1.165, 1.54) is 17.8 Å². The number of nitrogens with two attached hydrogens (primary N) is 1. The molecule has 1 unspecified atom stereocenters. The van der Waals surface area contributed by atoms with Crippen molar-refractivity contribution in [2.45, 2.75) is 49.8 Å². The molecule has 4 rings (SSSR count). The highest BCUT2D eigenvalue weighted by Gasteiger charge is 2.57. The number of hydrogen-bond donors (Lipinski definition) is 8. The first-order valence-corrected chi connectivity index (χ1v) is 15.0. The standard InChI is InChI=1S/C15H25N6O13P3/c1-15(23)10(22)8(5-31-36(27,28)34-37(29,30)33-35(24,25)26)32-13(15)21-6-17-9-11(20(2)7-3-4-7)18-14(16)19-12(9)21/h6-8,10,13,22-23,29-30H,3-5H2,1-2H3,(H4-,16,18,19,24,25,26,27,28)/p+1/t8-,10-,13-,15-/m1/s1. The summed E-state index contributed by atoms with van der Waals surface area (Å²) in [5, 5.41) is 21.6. The number of phosphoric acid groups is 2. The van der Waals surface area contributed by atoms with Gasteiger partial charge in [0.2, 0.25) is 5.95 Å². The Morgan fingerprint density at radius 1 is 1.27 bits per heavy atom. The van der Waals surface area contributed by atoms with E-state index < -0.39 is 54.5 Å². The summed E-state index contributed by atoms with van der Waals surface area (Å²) >= 11 is 0. The Hall–Kier alpha value is -1.40. The van der Waals surface area contributed by atoms with Gasteiger partial charge in [-0.05, 0) is 28.4 Å². The van der Waals surface area contributed by atoms with Gasteiger partial charge in [0, 0.05) is 13.1 Å². The molecule has 5 atom stereocenters. The van der Waals surface area contributed by atoms with Crippen LogP contribution in [0.3, 0.4) is 0 Å². The molecule has 0 bridgehead atoms. The van der Waals surface area contributed by atoms with Gasteiger partial charge < -0.3 is 40.3 Å². The van der Waals surface area contributed by atoms with Crippen LogP contribution in [0.4, 0.5) is 11.8 Å². The van der Waals surface area contributed by atoms with Crippen molar-refractivity contribution in [3.05, 3.63) is 6.33 Å². The van der Waals surface area contributed by atoms with Crippen LogP contribution in [0.25, 0.3) is 11.2 Å². The molecule has 37 heavy (non-hydrogen) atoms. The van der Waals surface area contributed by atoms with Gasteiger partial charge in [-0.1, -0.05) is 0 Å². The molecule has 0 aromatic carbocycles. The van der Waals surface area contributed by atoms with Gasteiger partial charge in [-0.25, -0.2) is 14.1 Å². The lowest BCUT2D eigenvalue weighted by Crippen LogP contribution is -2.44. The van der Waals surface area contributed by atoms with Crippen molar-refractivity contribution >= 4 is 46.7 Å². The van der Waals surface area contributed by atoms with Gasteiger partial charge in [-0.15, -0.1) is 0 Å². The van der Waals surface area contributed by atoms with Crippen LogP contribution in [0.2, 0.25) is 0 Å². The zero-order valence-electron chi connectivity index (χ0n) is 19.2. The number of imidazole rings is 1. The molecule has 19 nitrogen and oxygen atoms in total. The van der Waals surface area contributed by atoms with Crippen LogP contribution < -0.4 is 10.6 Å². The molecule has 3 heterocycles. The number of aliphatic hydroxyl groups excluding tert-OH is 1. The van der Waals surface area contributed by atoms with Crippen LogP contribution in [0.5, 0.6) is 0 Å². The number of ether oxygens (including phenoxy) is 1. The third-order valence-electron chi connectivity index (χ3n) is 5.68. The first kappa shape index (κ1) is 28.6. The number of phosphoric ester groups is 1. The van der Waals surface area contributed by atoms with Crippen molar-refractivity contribution in [1.29, 1.82) is 0 Å². The maximum atomic E-state index is 12.1. The Kier molecular flexibility index (Phi) is 7.47. The molecule has 0 radical (unpaired) electrons. The molecular formula is C15H26N6O13P3+. The molecule has 1 aliphatic heterocycles. The van der Waals surface area contributed by atoms with Crippen molar-refractivity contribution in [2.24, 2.45) is 0 Å². The molecule has 1 saturated carbocycles. The summed E-state index contributed by atoms with van der Waals surface area (Å²) in [4.78, 5) is 60.3. The normalized spacial score (nSPS) is 28.5. The zero-order valence-corrected chi connectivity index (χ0v) is 21.9. The summed E-state index contributed by atoms with van der Waals surface area (Å²) in [6.45, 7) is 0.272. The smallest absolute Gasteiger partial charge is 0.387 e. The molecule has 1 aliphatic carbocycles. The molecule has 2 aromatic rings. The number of nitrogen functional groups attached to an aromatic ring is 1. The van der Waals surface area contributed by atoms with E-state index in [0.717, 1.165) is 12.8 Å². The van der Waals surface area contributed by atoms with Crippen LogP contribution >= 0.6 is 23.8 Å². The Bertz CT molecular complexity index is 1270. The van der Waals surface area contributed by atoms with Gasteiger partial charge in [0.1, 0.15) is 17.8 Å². The minimum atomic E-state index is -5.50. The van der Waals surface area contributed by atoms with Crippen LogP contribution in [0.1, 0.15) is 26.0 Å². The largest absolute Gasteiger partial charge is 0.591 e. The van der Waals surface area contributed by atoms with Crippen LogP contribution in [-0.2, 0) is 27.0 Å². The number of nitrogens with zero attached hydrogens (tertiary/aromatic N) is 5. The third kappa shape index (κ3) is 6.27. The van der Waals surface area contributed by atoms with Gasteiger partial charge >= 0.3 is 23.8 Å². The molecule has 2 fully saturated rings. The van der Waals surface area contributed by atoms with Crippen molar-refractivity contribution in [2.75, 3.05) is 24.3 Å². The topological polar surface area (TPSA) is 286 Å².